The Morgan fingerprint density at radius 3 is 2.95 bits per heavy atom. The third-order valence-corrected chi connectivity index (χ3v) is 3.42. The number of hydrogen-bond acceptors (Lipinski definition) is 3. The zero-order chi connectivity index (χ0) is 15.2. The summed E-state index contributed by atoms with van der Waals surface area (Å²) < 4.78 is 11.1. The Morgan fingerprint density at radius 1 is 1.48 bits per heavy atom. The third kappa shape index (κ3) is 4.93. The van der Waals surface area contributed by atoms with E-state index >= 15 is 0 Å². The van der Waals surface area contributed by atoms with Gasteiger partial charge < -0.3 is 20.1 Å². The second kappa shape index (κ2) is 7.31. The Kier molecular flexibility index (Phi) is 5.44. The predicted molar refractivity (Wildman–Crippen MR) is 81.4 cm³/mol. The highest BCUT2D eigenvalue weighted by molar-refractivity contribution is 5.74. The van der Waals surface area contributed by atoms with Crippen molar-refractivity contribution in [3.8, 4) is 5.75 Å². The van der Waals surface area contributed by atoms with Crippen LogP contribution in [0.25, 0.3) is 0 Å². The van der Waals surface area contributed by atoms with Crippen molar-refractivity contribution in [1.82, 2.24) is 10.6 Å². The van der Waals surface area contributed by atoms with Gasteiger partial charge in [-0.2, -0.15) is 0 Å². The molecule has 116 valence electrons. The SMILES string of the molecule is CC(C)Oc1cccc(CNC(=O)N[C@H]2CCO[C@@H]2C)c1. The lowest BCUT2D eigenvalue weighted by Crippen LogP contribution is -2.44. The van der Waals surface area contributed by atoms with E-state index in [4.69, 9.17) is 9.47 Å². The Labute approximate surface area is 126 Å². The average molecular weight is 292 g/mol. The van der Waals surface area contributed by atoms with Crippen molar-refractivity contribution in [2.45, 2.75) is 52.0 Å². The molecule has 0 unspecified atom stereocenters. The van der Waals surface area contributed by atoms with E-state index in [1.165, 1.54) is 0 Å². The number of hydrogen-bond donors (Lipinski definition) is 2. The number of carbonyl (C=O) groups excluding carboxylic acids is 1. The standard InChI is InChI=1S/C16H24N2O3/c1-11(2)21-14-6-4-5-13(9-14)10-17-16(19)18-15-7-8-20-12(15)3/h4-6,9,11-12,15H,7-8,10H2,1-3H3,(H2,17,18,19)/t12-,15+/m1/s1. The van der Waals surface area contributed by atoms with Crippen molar-refractivity contribution in [2.24, 2.45) is 0 Å². The molecule has 2 atom stereocenters. The summed E-state index contributed by atoms with van der Waals surface area (Å²) in [5, 5.41) is 5.81. The summed E-state index contributed by atoms with van der Waals surface area (Å²) in [4.78, 5) is 11.9. The quantitative estimate of drug-likeness (QED) is 0.876. The summed E-state index contributed by atoms with van der Waals surface area (Å²) in [5.74, 6) is 0.822. The van der Waals surface area contributed by atoms with Gasteiger partial charge in [-0.15, -0.1) is 0 Å². The lowest BCUT2D eigenvalue weighted by molar-refractivity contribution is 0.114. The number of rotatable bonds is 5. The van der Waals surface area contributed by atoms with Gasteiger partial charge in [0, 0.05) is 13.2 Å². The molecule has 5 nitrogen and oxygen atoms in total. The lowest BCUT2D eigenvalue weighted by atomic mass is 10.1. The smallest absolute Gasteiger partial charge is 0.315 e. The van der Waals surface area contributed by atoms with Gasteiger partial charge in [-0.3, -0.25) is 0 Å². The molecule has 0 saturated carbocycles. The predicted octanol–water partition coefficient (Wildman–Crippen LogP) is 2.45. The van der Waals surface area contributed by atoms with Crippen LogP contribution in [0.4, 0.5) is 4.79 Å². The van der Waals surface area contributed by atoms with Crippen LogP contribution >= 0.6 is 0 Å². The molecule has 1 aromatic carbocycles. The average Bonchev–Trinajstić information content (AvgIpc) is 2.82. The molecule has 1 aliphatic rings. The fourth-order valence-electron chi connectivity index (χ4n) is 2.32. The molecule has 1 saturated heterocycles. The fourth-order valence-corrected chi connectivity index (χ4v) is 2.32. The van der Waals surface area contributed by atoms with Gasteiger partial charge in [0.1, 0.15) is 5.75 Å². The first kappa shape index (κ1) is 15.6. The summed E-state index contributed by atoms with van der Waals surface area (Å²) in [6, 6.07) is 7.70. The van der Waals surface area contributed by atoms with Gasteiger partial charge in [-0.05, 0) is 44.9 Å². The fraction of sp³-hybridized carbons (Fsp3) is 0.562. The van der Waals surface area contributed by atoms with E-state index in [1.54, 1.807) is 0 Å². The minimum Gasteiger partial charge on any atom is -0.491 e. The summed E-state index contributed by atoms with van der Waals surface area (Å²) in [5.41, 5.74) is 1.01. The monoisotopic (exact) mass is 292 g/mol. The Morgan fingerprint density at radius 2 is 2.29 bits per heavy atom. The molecular formula is C16H24N2O3. The zero-order valence-electron chi connectivity index (χ0n) is 12.9. The summed E-state index contributed by atoms with van der Waals surface area (Å²) in [7, 11) is 0. The lowest BCUT2D eigenvalue weighted by Gasteiger charge is -2.16. The Hall–Kier alpha value is -1.75. The van der Waals surface area contributed by atoms with Crippen LogP contribution in [0.1, 0.15) is 32.8 Å². The maximum absolute atomic E-state index is 11.9. The molecule has 0 spiro atoms. The Bertz CT molecular complexity index is 476. The van der Waals surface area contributed by atoms with Crippen LogP contribution in [0.3, 0.4) is 0 Å². The maximum Gasteiger partial charge on any atom is 0.315 e. The largest absolute Gasteiger partial charge is 0.491 e. The molecule has 1 aromatic rings. The summed E-state index contributed by atoms with van der Waals surface area (Å²) >= 11 is 0. The molecule has 0 aliphatic carbocycles. The van der Waals surface area contributed by atoms with Crippen LogP contribution in [0.15, 0.2) is 24.3 Å². The first-order chi connectivity index (χ1) is 10.0. The molecule has 0 bridgehead atoms. The van der Waals surface area contributed by atoms with Crippen LogP contribution < -0.4 is 15.4 Å². The van der Waals surface area contributed by atoms with Gasteiger partial charge in [-0.25, -0.2) is 4.79 Å². The van der Waals surface area contributed by atoms with Gasteiger partial charge in [0.2, 0.25) is 0 Å². The van der Waals surface area contributed by atoms with Crippen molar-refractivity contribution in [3.05, 3.63) is 29.8 Å². The van der Waals surface area contributed by atoms with Gasteiger partial charge in [0.15, 0.2) is 0 Å². The van der Waals surface area contributed by atoms with Gasteiger partial charge in [0.05, 0.1) is 18.2 Å². The van der Waals surface area contributed by atoms with E-state index in [2.05, 4.69) is 10.6 Å². The number of benzene rings is 1. The second-order valence-electron chi connectivity index (χ2n) is 5.61. The molecular weight excluding hydrogens is 268 g/mol. The highest BCUT2D eigenvalue weighted by Crippen LogP contribution is 2.15. The van der Waals surface area contributed by atoms with Crippen LogP contribution in [0.2, 0.25) is 0 Å². The third-order valence-electron chi connectivity index (χ3n) is 3.42. The maximum atomic E-state index is 11.9. The molecule has 2 rings (SSSR count). The summed E-state index contributed by atoms with van der Waals surface area (Å²) in [6.45, 7) is 7.14. The van der Waals surface area contributed by atoms with Crippen LogP contribution in [0, 0.1) is 0 Å². The van der Waals surface area contributed by atoms with Crippen molar-refractivity contribution in [1.29, 1.82) is 0 Å². The van der Waals surface area contributed by atoms with Crippen LogP contribution in [0.5, 0.6) is 5.75 Å². The molecule has 1 fully saturated rings. The first-order valence-electron chi connectivity index (χ1n) is 7.46. The van der Waals surface area contributed by atoms with Crippen molar-refractivity contribution >= 4 is 6.03 Å². The normalized spacial score (nSPS) is 21.3. The van der Waals surface area contributed by atoms with Gasteiger partial charge in [-0.1, -0.05) is 12.1 Å². The number of amides is 2. The minimum atomic E-state index is -0.160. The van der Waals surface area contributed by atoms with Crippen LogP contribution in [-0.4, -0.2) is 30.9 Å². The van der Waals surface area contributed by atoms with E-state index in [0.717, 1.165) is 17.7 Å². The molecule has 5 heteroatoms. The molecule has 0 aromatic heterocycles. The molecule has 1 aliphatic heterocycles. The minimum absolute atomic E-state index is 0.0820. The van der Waals surface area contributed by atoms with E-state index in [-0.39, 0.29) is 24.3 Å². The Balaban J connectivity index is 1.80. The van der Waals surface area contributed by atoms with Gasteiger partial charge >= 0.3 is 6.03 Å². The number of carbonyl (C=O) groups is 1. The molecule has 1 heterocycles. The molecule has 0 radical (unpaired) electrons. The van der Waals surface area contributed by atoms with Crippen molar-refractivity contribution < 1.29 is 14.3 Å². The highest BCUT2D eigenvalue weighted by Gasteiger charge is 2.25. The topological polar surface area (TPSA) is 59.6 Å². The van der Waals surface area contributed by atoms with E-state index < -0.39 is 0 Å². The first-order valence-corrected chi connectivity index (χ1v) is 7.46. The van der Waals surface area contributed by atoms with Crippen molar-refractivity contribution in [2.75, 3.05) is 6.61 Å². The zero-order valence-corrected chi connectivity index (χ0v) is 12.9. The molecule has 2 N–H and O–H groups in total. The van der Waals surface area contributed by atoms with E-state index in [9.17, 15) is 4.79 Å². The number of urea groups is 1. The molecule has 2 amide bonds. The molecule has 21 heavy (non-hydrogen) atoms. The van der Waals surface area contributed by atoms with Crippen LogP contribution in [-0.2, 0) is 11.3 Å². The second-order valence-corrected chi connectivity index (χ2v) is 5.61. The summed E-state index contributed by atoms with van der Waals surface area (Å²) in [6.07, 6.45) is 1.09. The van der Waals surface area contributed by atoms with Gasteiger partial charge in [0.25, 0.3) is 0 Å². The highest BCUT2D eigenvalue weighted by atomic mass is 16.5. The van der Waals surface area contributed by atoms with Crippen molar-refractivity contribution in [3.63, 3.8) is 0 Å². The number of nitrogens with one attached hydrogen (secondary N) is 2. The van der Waals surface area contributed by atoms with E-state index in [0.29, 0.717) is 13.2 Å². The van der Waals surface area contributed by atoms with E-state index in [1.807, 2.05) is 45.0 Å². The number of ether oxygens (including phenoxy) is 2.